The number of furan rings is 1. The highest BCUT2D eigenvalue weighted by Gasteiger charge is 2.28. The summed E-state index contributed by atoms with van der Waals surface area (Å²) in [4.78, 5) is 13.4. The van der Waals surface area contributed by atoms with Gasteiger partial charge in [-0.05, 0) is 31.5 Å². The number of likely N-dealkylation sites (tertiary alicyclic amines) is 1. The van der Waals surface area contributed by atoms with Gasteiger partial charge in [0.2, 0.25) is 11.8 Å². The van der Waals surface area contributed by atoms with Gasteiger partial charge in [0, 0.05) is 0 Å². The predicted octanol–water partition coefficient (Wildman–Crippen LogP) is 1.17. The third-order valence-corrected chi connectivity index (χ3v) is 3.48. The lowest BCUT2D eigenvalue weighted by Crippen LogP contribution is -2.47. The molecule has 1 saturated heterocycles. The van der Waals surface area contributed by atoms with E-state index in [1.807, 2.05) is 4.90 Å². The number of rotatable bonds is 4. The minimum Gasteiger partial charge on any atom is -0.459 e. The molecule has 0 spiro atoms. The number of hydrogen-bond acceptors (Lipinski definition) is 6. The lowest BCUT2D eigenvalue weighted by Gasteiger charge is -2.32. The Morgan fingerprint density at radius 1 is 1.45 bits per heavy atom. The van der Waals surface area contributed by atoms with Crippen molar-refractivity contribution in [1.29, 1.82) is 0 Å². The Kier molecular flexibility index (Phi) is 3.51. The summed E-state index contributed by atoms with van der Waals surface area (Å²) in [7, 11) is 0. The first-order valence-corrected chi connectivity index (χ1v) is 6.63. The SMILES string of the molecule is NC(=O)[C@H]1CCCCN1Cc1nnc(-c2ccco2)o1. The molecular formula is C13H16N4O3. The maximum atomic E-state index is 11.4. The van der Waals surface area contributed by atoms with Crippen LogP contribution in [0.3, 0.4) is 0 Å². The lowest BCUT2D eigenvalue weighted by atomic mass is 10.0. The third kappa shape index (κ3) is 2.57. The van der Waals surface area contributed by atoms with Crippen LogP contribution in [0.5, 0.6) is 0 Å². The molecule has 7 heteroatoms. The number of hydrogen-bond donors (Lipinski definition) is 1. The molecule has 3 rings (SSSR count). The van der Waals surface area contributed by atoms with E-state index >= 15 is 0 Å². The second-order valence-corrected chi connectivity index (χ2v) is 4.86. The quantitative estimate of drug-likeness (QED) is 0.900. The molecule has 2 N–H and O–H groups in total. The molecule has 7 nitrogen and oxygen atoms in total. The fraction of sp³-hybridized carbons (Fsp3) is 0.462. The molecule has 0 aromatic carbocycles. The van der Waals surface area contributed by atoms with E-state index in [1.165, 1.54) is 0 Å². The largest absolute Gasteiger partial charge is 0.459 e. The van der Waals surface area contributed by atoms with E-state index in [4.69, 9.17) is 14.6 Å². The maximum Gasteiger partial charge on any atom is 0.283 e. The van der Waals surface area contributed by atoms with E-state index in [1.54, 1.807) is 18.4 Å². The number of primary amides is 1. The molecule has 1 fully saturated rings. The average Bonchev–Trinajstić information content (AvgIpc) is 3.09. The number of nitrogens with two attached hydrogens (primary N) is 1. The number of amides is 1. The summed E-state index contributed by atoms with van der Waals surface area (Å²) >= 11 is 0. The van der Waals surface area contributed by atoms with Crippen LogP contribution in [0.15, 0.2) is 27.2 Å². The fourth-order valence-electron chi connectivity index (χ4n) is 2.49. The first kappa shape index (κ1) is 12.9. The van der Waals surface area contributed by atoms with Gasteiger partial charge >= 0.3 is 0 Å². The number of nitrogens with zero attached hydrogens (tertiary/aromatic N) is 3. The highest BCUT2D eigenvalue weighted by molar-refractivity contribution is 5.79. The van der Waals surface area contributed by atoms with Crippen molar-refractivity contribution in [3.05, 3.63) is 24.3 Å². The molecule has 1 amide bonds. The third-order valence-electron chi connectivity index (χ3n) is 3.48. The highest BCUT2D eigenvalue weighted by Crippen LogP contribution is 2.22. The molecule has 0 bridgehead atoms. The van der Waals surface area contributed by atoms with Crippen LogP contribution in [-0.4, -0.2) is 33.6 Å². The van der Waals surface area contributed by atoms with Crippen LogP contribution in [0.25, 0.3) is 11.7 Å². The van der Waals surface area contributed by atoms with Gasteiger partial charge < -0.3 is 14.6 Å². The minimum atomic E-state index is -0.296. The number of piperidine rings is 1. The molecule has 1 aliphatic heterocycles. The Labute approximate surface area is 115 Å². The standard InChI is InChI=1S/C13H16N4O3/c14-12(18)9-4-1-2-6-17(9)8-11-15-16-13(20-11)10-5-3-7-19-10/h3,5,7,9H,1-2,4,6,8H2,(H2,14,18)/t9-/m1/s1. The van der Waals surface area contributed by atoms with Crippen LogP contribution in [0.4, 0.5) is 0 Å². The molecule has 2 aromatic heterocycles. The van der Waals surface area contributed by atoms with Gasteiger partial charge in [0.1, 0.15) is 0 Å². The number of carbonyl (C=O) groups is 1. The summed E-state index contributed by atoms with van der Waals surface area (Å²) in [5.74, 6) is 1.05. The van der Waals surface area contributed by atoms with Gasteiger partial charge in [0.15, 0.2) is 5.76 Å². The Bertz CT molecular complexity index is 578. The van der Waals surface area contributed by atoms with Crippen molar-refractivity contribution in [2.45, 2.75) is 31.8 Å². The Morgan fingerprint density at radius 3 is 3.10 bits per heavy atom. The predicted molar refractivity (Wildman–Crippen MR) is 69.2 cm³/mol. The molecule has 0 aliphatic carbocycles. The molecule has 0 saturated carbocycles. The monoisotopic (exact) mass is 276 g/mol. The zero-order valence-electron chi connectivity index (χ0n) is 11.0. The molecule has 2 aromatic rings. The van der Waals surface area contributed by atoms with Crippen molar-refractivity contribution in [1.82, 2.24) is 15.1 Å². The van der Waals surface area contributed by atoms with Gasteiger partial charge in [-0.2, -0.15) is 0 Å². The second-order valence-electron chi connectivity index (χ2n) is 4.86. The van der Waals surface area contributed by atoms with E-state index < -0.39 is 0 Å². The molecule has 1 aliphatic rings. The van der Waals surface area contributed by atoms with Crippen LogP contribution >= 0.6 is 0 Å². The molecule has 1 atom stereocenters. The number of carbonyl (C=O) groups excluding carboxylic acids is 1. The van der Waals surface area contributed by atoms with Gasteiger partial charge in [-0.25, -0.2) is 0 Å². The van der Waals surface area contributed by atoms with Crippen LogP contribution in [-0.2, 0) is 11.3 Å². The summed E-state index contributed by atoms with van der Waals surface area (Å²) in [6, 6.07) is 3.26. The van der Waals surface area contributed by atoms with Crippen molar-refractivity contribution in [3.63, 3.8) is 0 Å². The van der Waals surface area contributed by atoms with Gasteiger partial charge in [-0.3, -0.25) is 9.69 Å². The normalized spacial score (nSPS) is 20.1. The highest BCUT2D eigenvalue weighted by atomic mass is 16.4. The number of aromatic nitrogens is 2. The van der Waals surface area contributed by atoms with Gasteiger partial charge in [0.25, 0.3) is 5.89 Å². The van der Waals surface area contributed by atoms with E-state index in [2.05, 4.69) is 10.2 Å². The first-order chi connectivity index (χ1) is 9.74. The molecule has 3 heterocycles. The maximum absolute atomic E-state index is 11.4. The van der Waals surface area contributed by atoms with Crippen molar-refractivity contribution in [2.75, 3.05) is 6.54 Å². The fourth-order valence-corrected chi connectivity index (χ4v) is 2.49. The van der Waals surface area contributed by atoms with Gasteiger partial charge in [-0.1, -0.05) is 6.42 Å². The van der Waals surface area contributed by atoms with Crippen molar-refractivity contribution < 1.29 is 13.6 Å². The topological polar surface area (TPSA) is 98.4 Å². The van der Waals surface area contributed by atoms with Crippen molar-refractivity contribution >= 4 is 5.91 Å². The Balaban J connectivity index is 1.72. The Hall–Kier alpha value is -2.15. The van der Waals surface area contributed by atoms with Gasteiger partial charge in [-0.15, -0.1) is 10.2 Å². The molecular weight excluding hydrogens is 260 g/mol. The summed E-state index contributed by atoms with van der Waals surface area (Å²) < 4.78 is 10.7. The smallest absolute Gasteiger partial charge is 0.283 e. The van der Waals surface area contributed by atoms with Crippen molar-refractivity contribution in [2.24, 2.45) is 5.73 Å². The lowest BCUT2D eigenvalue weighted by molar-refractivity contribution is -0.124. The summed E-state index contributed by atoms with van der Waals surface area (Å²) in [5.41, 5.74) is 5.43. The van der Waals surface area contributed by atoms with E-state index in [0.717, 1.165) is 25.8 Å². The summed E-state index contributed by atoms with van der Waals surface area (Å²) in [5, 5.41) is 7.93. The van der Waals surface area contributed by atoms with E-state index in [-0.39, 0.29) is 11.9 Å². The van der Waals surface area contributed by atoms with Crippen LogP contribution in [0.2, 0.25) is 0 Å². The molecule has 0 unspecified atom stereocenters. The second kappa shape index (κ2) is 5.46. The van der Waals surface area contributed by atoms with Crippen LogP contribution in [0, 0.1) is 0 Å². The zero-order valence-corrected chi connectivity index (χ0v) is 11.0. The van der Waals surface area contributed by atoms with Crippen molar-refractivity contribution in [3.8, 4) is 11.7 Å². The molecule has 106 valence electrons. The van der Waals surface area contributed by atoms with E-state index in [0.29, 0.717) is 24.1 Å². The average molecular weight is 276 g/mol. The van der Waals surface area contributed by atoms with E-state index in [9.17, 15) is 4.79 Å². The zero-order chi connectivity index (χ0) is 13.9. The van der Waals surface area contributed by atoms with Gasteiger partial charge in [0.05, 0.1) is 18.8 Å². The van der Waals surface area contributed by atoms with Crippen LogP contribution in [0.1, 0.15) is 25.2 Å². The molecule has 20 heavy (non-hydrogen) atoms. The molecule has 0 radical (unpaired) electrons. The summed E-state index contributed by atoms with van der Waals surface area (Å²) in [6.45, 7) is 1.24. The first-order valence-electron chi connectivity index (χ1n) is 6.63. The van der Waals surface area contributed by atoms with Crippen LogP contribution < -0.4 is 5.73 Å². The summed E-state index contributed by atoms with van der Waals surface area (Å²) in [6.07, 6.45) is 4.40. The Morgan fingerprint density at radius 2 is 2.35 bits per heavy atom. The minimum absolute atomic E-state index is 0.247.